The van der Waals surface area contributed by atoms with Gasteiger partial charge in [0.2, 0.25) is 0 Å². The third-order valence-corrected chi connectivity index (χ3v) is 3.50. The lowest BCUT2D eigenvalue weighted by atomic mass is 10.8. The van der Waals surface area contributed by atoms with E-state index in [1.807, 2.05) is 0 Å². The molecule has 0 bridgehead atoms. The lowest BCUT2D eigenvalue weighted by molar-refractivity contribution is -0.0435. The van der Waals surface area contributed by atoms with Crippen LogP contribution in [0.2, 0.25) is 0 Å². The monoisotopic (exact) mass is 239 g/mol. The van der Waals surface area contributed by atoms with Crippen LogP contribution in [-0.4, -0.2) is 27.1 Å². The minimum absolute atomic E-state index is 0.0417. The molecule has 1 rings (SSSR count). The van der Waals surface area contributed by atoms with Crippen molar-refractivity contribution in [1.82, 2.24) is 0 Å². The second-order valence-corrected chi connectivity index (χ2v) is 4.77. The molecule has 0 N–H and O–H groups in total. The van der Waals surface area contributed by atoms with Crippen LogP contribution >= 0.6 is 0 Å². The SMILES string of the molecule is O=S(=O)(N=S1OCCO1)C(F)(F)F. The van der Waals surface area contributed by atoms with Gasteiger partial charge in [-0.2, -0.15) is 21.6 Å². The molecule has 1 saturated heterocycles. The zero-order chi connectivity index (χ0) is 10.1. The fraction of sp³-hybridized carbons (Fsp3) is 1.00. The highest BCUT2D eigenvalue weighted by molar-refractivity contribution is 7.97. The maximum Gasteiger partial charge on any atom is 0.519 e. The summed E-state index contributed by atoms with van der Waals surface area (Å²) in [6.45, 7) is 0.0833. The average molecular weight is 239 g/mol. The van der Waals surface area contributed by atoms with E-state index in [1.165, 1.54) is 0 Å². The second kappa shape index (κ2) is 3.52. The third kappa shape index (κ3) is 2.62. The van der Waals surface area contributed by atoms with E-state index in [-0.39, 0.29) is 13.2 Å². The molecule has 0 aromatic heterocycles. The van der Waals surface area contributed by atoms with Gasteiger partial charge in [0.25, 0.3) is 0 Å². The molecule has 0 unspecified atom stereocenters. The van der Waals surface area contributed by atoms with Gasteiger partial charge < -0.3 is 0 Å². The Morgan fingerprint density at radius 2 is 1.69 bits per heavy atom. The predicted molar refractivity (Wildman–Crippen MR) is 36.7 cm³/mol. The number of halogens is 3. The van der Waals surface area contributed by atoms with Crippen LogP contribution in [0.3, 0.4) is 0 Å². The van der Waals surface area contributed by atoms with Gasteiger partial charge in [-0.25, -0.2) is 0 Å². The van der Waals surface area contributed by atoms with Crippen LogP contribution in [0.4, 0.5) is 13.2 Å². The summed E-state index contributed by atoms with van der Waals surface area (Å²) in [6, 6.07) is 0. The van der Waals surface area contributed by atoms with Crippen molar-refractivity contribution in [3.05, 3.63) is 0 Å². The Bertz CT molecular complexity index is 312. The molecule has 0 aromatic carbocycles. The number of nitrogens with zero attached hydrogens (tertiary/aromatic N) is 1. The van der Waals surface area contributed by atoms with Gasteiger partial charge in [0.1, 0.15) is 0 Å². The standard InChI is InChI=1S/C3H4F3NO4S2/c4-3(5,6)13(8,9)7-12-10-1-2-11-12/h1-2H2. The van der Waals surface area contributed by atoms with Crippen LogP contribution in [0.25, 0.3) is 0 Å². The van der Waals surface area contributed by atoms with Crippen LogP contribution in [0.1, 0.15) is 0 Å². The Labute approximate surface area is 74.4 Å². The molecular weight excluding hydrogens is 235 g/mol. The summed E-state index contributed by atoms with van der Waals surface area (Å²) in [5, 5.41) is 0. The zero-order valence-electron chi connectivity index (χ0n) is 5.94. The summed E-state index contributed by atoms with van der Waals surface area (Å²) in [4.78, 5) is 0. The molecule has 1 aliphatic heterocycles. The summed E-state index contributed by atoms with van der Waals surface area (Å²) in [5.74, 6) is 0. The first-order valence-electron chi connectivity index (χ1n) is 2.88. The van der Waals surface area contributed by atoms with Crippen LogP contribution in [0.5, 0.6) is 0 Å². The van der Waals surface area contributed by atoms with Gasteiger partial charge in [-0.3, -0.25) is 8.37 Å². The average Bonchev–Trinajstić information content (AvgIpc) is 2.35. The molecule has 13 heavy (non-hydrogen) atoms. The van der Waals surface area contributed by atoms with Crippen molar-refractivity contribution < 1.29 is 30.0 Å². The molecule has 78 valence electrons. The largest absolute Gasteiger partial charge is 0.519 e. The molecule has 0 spiro atoms. The maximum absolute atomic E-state index is 11.7. The van der Waals surface area contributed by atoms with Crippen molar-refractivity contribution in [2.45, 2.75) is 5.51 Å². The van der Waals surface area contributed by atoms with Crippen LogP contribution < -0.4 is 0 Å². The van der Waals surface area contributed by atoms with Gasteiger partial charge >= 0.3 is 15.5 Å². The van der Waals surface area contributed by atoms with Crippen molar-refractivity contribution in [1.29, 1.82) is 0 Å². The van der Waals surface area contributed by atoms with E-state index in [1.54, 1.807) is 0 Å². The first kappa shape index (κ1) is 10.9. The summed E-state index contributed by atoms with van der Waals surface area (Å²) in [6.07, 6.45) is 0. The van der Waals surface area contributed by atoms with Gasteiger partial charge in [0.15, 0.2) is 11.3 Å². The Morgan fingerprint density at radius 1 is 1.23 bits per heavy atom. The first-order valence-corrected chi connectivity index (χ1v) is 5.35. The van der Waals surface area contributed by atoms with E-state index >= 15 is 0 Å². The van der Waals surface area contributed by atoms with Gasteiger partial charge in [0, 0.05) is 0 Å². The molecular formula is C3H4F3NO4S2. The van der Waals surface area contributed by atoms with Crippen molar-refractivity contribution in [3.63, 3.8) is 0 Å². The van der Waals surface area contributed by atoms with E-state index in [4.69, 9.17) is 0 Å². The lowest BCUT2D eigenvalue weighted by Gasteiger charge is -2.02. The van der Waals surface area contributed by atoms with Gasteiger partial charge in [-0.15, -0.1) is 0 Å². The number of sulfonamides is 1. The summed E-state index contributed by atoms with van der Waals surface area (Å²) in [5.41, 5.74) is -5.39. The fourth-order valence-electron chi connectivity index (χ4n) is 0.410. The van der Waals surface area contributed by atoms with Crippen molar-refractivity contribution in [3.8, 4) is 0 Å². The van der Waals surface area contributed by atoms with E-state index in [9.17, 15) is 21.6 Å². The molecule has 0 radical (unpaired) electrons. The van der Waals surface area contributed by atoms with Crippen LogP contribution in [-0.2, 0) is 29.6 Å². The fourth-order valence-corrected chi connectivity index (χ4v) is 2.22. The van der Waals surface area contributed by atoms with Gasteiger partial charge in [-0.05, 0) is 0 Å². The molecule has 0 aromatic rings. The summed E-state index contributed by atoms with van der Waals surface area (Å²) >= 11 is -1.93. The Hall–Kier alpha value is -0.190. The van der Waals surface area contributed by atoms with E-state index in [0.29, 0.717) is 0 Å². The molecule has 5 nitrogen and oxygen atoms in total. The second-order valence-electron chi connectivity index (χ2n) is 1.86. The smallest absolute Gasteiger partial charge is 0.282 e. The Balaban J connectivity index is 2.89. The quantitative estimate of drug-likeness (QED) is 0.669. The Morgan fingerprint density at radius 3 is 2.08 bits per heavy atom. The minimum atomic E-state index is -5.49. The van der Waals surface area contributed by atoms with Crippen LogP contribution in [0.15, 0.2) is 3.77 Å². The highest BCUT2D eigenvalue weighted by Gasteiger charge is 2.47. The number of hydrogen-bond donors (Lipinski definition) is 0. The zero-order valence-corrected chi connectivity index (χ0v) is 7.58. The number of hydrogen-bond acceptors (Lipinski definition) is 4. The molecule has 0 saturated carbocycles. The molecule has 0 aliphatic carbocycles. The van der Waals surface area contributed by atoms with Gasteiger partial charge in [0.05, 0.1) is 13.2 Å². The highest BCUT2D eigenvalue weighted by Crippen LogP contribution is 2.26. The van der Waals surface area contributed by atoms with E-state index in [2.05, 4.69) is 12.1 Å². The predicted octanol–water partition coefficient (Wildman–Crippen LogP) is 0.515. The minimum Gasteiger partial charge on any atom is -0.282 e. The molecule has 1 aliphatic rings. The third-order valence-electron chi connectivity index (χ3n) is 0.903. The van der Waals surface area contributed by atoms with Crippen molar-refractivity contribution >= 4 is 21.3 Å². The number of rotatable bonds is 1. The molecule has 0 atom stereocenters. The van der Waals surface area contributed by atoms with Gasteiger partial charge in [-0.1, -0.05) is 3.77 Å². The summed E-state index contributed by atoms with van der Waals surface area (Å²) in [7, 11) is -5.49. The summed E-state index contributed by atoms with van der Waals surface area (Å²) < 4.78 is 67.1. The van der Waals surface area contributed by atoms with E-state index < -0.39 is 26.8 Å². The lowest BCUT2D eigenvalue weighted by Crippen LogP contribution is -2.21. The topological polar surface area (TPSA) is 65.0 Å². The van der Waals surface area contributed by atoms with Crippen LogP contribution in [0, 0.1) is 0 Å². The van der Waals surface area contributed by atoms with E-state index in [0.717, 1.165) is 0 Å². The Kier molecular flexibility index (Phi) is 2.95. The number of alkyl halides is 3. The van der Waals surface area contributed by atoms with Crippen molar-refractivity contribution in [2.75, 3.05) is 13.2 Å². The maximum atomic E-state index is 11.7. The first-order chi connectivity index (χ1) is 5.83. The normalized spacial score (nSPS) is 20.5. The highest BCUT2D eigenvalue weighted by atomic mass is 32.3. The molecule has 1 heterocycles. The van der Waals surface area contributed by atoms with Crippen molar-refractivity contribution in [2.24, 2.45) is 3.77 Å². The molecule has 1 fully saturated rings. The molecule has 10 heteroatoms. The molecule has 0 amide bonds.